The van der Waals surface area contributed by atoms with Crippen molar-refractivity contribution in [3.63, 3.8) is 0 Å². The van der Waals surface area contributed by atoms with Crippen LogP contribution in [0.4, 0.5) is 0 Å². The van der Waals surface area contributed by atoms with Crippen molar-refractivity contribution in [1.29, 1.82) is 0 Å². The number of para-hydroxylation sites is 1. The molecule has 0 amide bonds. The summed E-state index contributed by atoms with van der Waals surface area (Å²) in [5.74, 6) is 0.989. The molecule has 2 heteroatoms. The smallest absolute Gasteiger partial charge is 0.132 e. The van der Waals surface area contributed by atoms with Crippen LogP contribution in [-0.4, -0.2) is 10.8 Å². The molecule has 1 fully saturated rings. The summed E-state index contributed by atoms with van der Waals surface area (Å²) >= 11 is 0. The van der Waals surface area contributed by atoms with E-state index in [0.29, 0.717) is 11.7 Å². The molecule has 1 aliphatic carbocycles. The third-order valence-electron chi connectivity index (χ3n) is 3.89. The highest BCUT2D eigenvalue weighted by Gasteiger charge is 2.24. The monoisotopic (exact) mass is 227 g/mol. The van der Waals surface area contributed by atoms with Gasteiger partial charge in [-0.25, -0.2) is 0 Å². The van der Waals surface area contributed by atoms with E-state index in [-0.39, 0.29) is 0 Å². The lowest BCUT2D eigenvalue weighted by molar-refractivity contribution is -0.120. The van der Waals surface area contributed by atoms with Crippen LogP contribution in [0.25, 0.3) is 10.9 Å². The van der Waals surface area contributed by atoms with Crippen LogP contribution in [0.15, 0.2) is 24.3 Å². The SMILES string of the molecule is Cc1[nH]c2ccccc2c1C1CCC(=O)CC1. The van der Waals surface area contributed by atoms with Crippen LogP contribution in [0.2, 0.25) is 0 Å². The Morgan fingerprint density at radius 3 is 2.65 bits per heavy atom. The first-order valence-corrected chi connectivity index (χ1v) is 6.34. The number of Topliss-reactive ketones (excluding diaryl/α,β-unsaturated/α-hetero) is 1. The topological polar surface area (TPSA) is 32.9 Å². The second-order valence-electron chi connectivity index (χ2n) is 5.02. The molecule has 3 rings (SSSR count). The van der Waals surface area contributed by atoms with Crippen LogP contribution >= 0.6 is 0 Å². The summed E-state index contributed by atoms with van der Waals surface area (Å²) in [6, 6.07) is 8.46. The molecule has 1 saturated carbocycles. The molecular weight excluding hydrogens is 210 g/mol. The number of nitrogens with one attached hydrogen (secondary N) is 1. The van der Waals surface area contributed by atoms with Crippen molar-refractivity contribution in [2.45, 2.75) is 38.5 Å². The van der Waals surface area contributed by atoms with Gasteiger partial charge in [-0.2, -0.15) is 0 Å². The molecular formula is C15H17NO. The van der Waals surface area contributed by atoms with E-state index in [2.05, 4.69) is 36.2 Å². The van der Waals surface area contributed by atoms with Gasteiger partial charge in [0, 0.05) is 29.4 Å². The first-order chi connectivity index (χ1) is 8.25. The Morgan fingerprint density at radius 2 is 1.88 bits per heavy atom. The molecule has 2 aromatic rings. The average Bonchev–Trinajstić information content (AvgIpc) is 2.66. The summed E-state index contributed by atoms with van der Waals surface area (Å²) in [5, 5.41) is 1.34. The lowest BCUT2D eigenvalue weighted by Gasteiger charge is -2.21. The van der Waals surface area contributed by atoms with E-state index in [0.717, 1.165) is 25.7 Å². The number of aromatic nitrogens is 1. The third kappa shape index (κ3) is 1.78. The van der Waals surface area contributed by atoms with Crippen LogP contribution in [0.3, 0.4) is 0 Å². The Morgan fingerprint density at radius 1 is 1.18 bits per heavy atom. The Bertz CT molecular complexity index is 557. The molecule has 0 atom stereocenters. The largest absolute Gasteiger partial charge is 0.358 e. The first-order valence-electron chi connectivity index (χ1n) is 6.34. The quantitative estimate of drug-likeness (QED) is 0.791. The number of carbonyl (C=O) groups is 1. The van der Waals surface area contributed by atoms with Crippen LogP contribution in [-0.2, 0) is 4.79 Å². The summed E-state index contributed by atoms with van der Waals surface area (Å²) in [6.07, 6.45) is 3.54. The van der Waals surface area contributed by atoms with Gasteiger partial charge in [-0.15, -0.1) is 0 Å². The minimum absolute atomic E-state index is 0.429. The van der Waals surface area contributed by atoms with Gasteiger partial charge in [-0.3, -0.25) is 4.79 Å². The van der Waals surface area contributed by atoms with Crippen molar-refractivity contribution >= 4 is 16.7 Å². The predicted octanol–water partition coefficient (Wildman–Crippen LogP) is 3.70. The summed E-state index contributed by atoms with van der Waals surface area (Å²) in [4.78, 5) is 14.8. The van der Waals surface area contributed by atoms with Crippen LogP contribution in [0.5, 0.6) is 0 Å². The van der Waals surface area contributed by atoms with Gasteiger partial charge in [-0.1, -0.05) is 18.2 Å². The maximum Gasteiger partial charge on any atom is 0.132 e. The predicted molar refractivity (Wildman–Crippen MR) is 69.3 cm³/mol. The molecule has 2 nitrogen and oxygen atoms in total. The number of rotatable bonds is 1. The molecule has 0 unspecified atom stereocenters. The summed E-state index contributed by atoms with van der Waals surface area (Å²) in [6.45, 7) is 2.14. The maximum absolute atomic E-state index is 11.3. The first kappa shape index (κ1) is 10.6. The zero-order valence-electron chi connectivity index (χ0n) is 10.1. The second-order valence-corrected chi connectivity index (χ2v) is 5.02. The van der Waals surface area contributed by atoms with Gasteiger partial charge in [0.25, 0.3) is 0 Å². The van der Waals surface area contributed by atoms with Gasteiger partial charge in [0.1, 0.15) is 5.78 Å². The second kappa shape index (κ2) is 4.02. The molecule has 0 saturated heterocycles. The fourth-order valence-corrected chi connectivity index (χ4v) is 3.05. The van der Waals surface area contributed by atoms with E-state index < -0.39 is 0 Å². The van der Waals surface area contributed by atoms with E-state index in [1.54, 1.807) is 0 Å². The molecule has 0 bridgehead atoms. The number of hydrogen-bond acceptors (Lipinski definition) is 1. The van der Waals surface area contributed by atoms with Crippen molar-refractivity contribution in [1.82, 2.24) is 4.98 Å². The molecule has 0 spiro atoms. The van der Waals surface area contributed by atoms with Gasteiger partial charge >= 0.3 is 0 Å². The van der Waals surface area contributed by atoms with Gasteiger partial charge < -0.3 is 4.98 Å². The standard InChI is InChI=1S/C15H17NO/c1-10-15(11-6-8-12(17)9-7-11)13-4-2-3-5-14(13)16-10/h2-5,11,16H,6-9H2,1H3. The zero-order chi connectivity index (χ0) is 11.8. The van der Waals surface area contributed by atoms with Crippen LogP contribution in [0, 0.1) is 6.92 Å². The zero-order valence-corrected chi connectivity index (χ0v) is 10.1. The number of ketones is 1. The highest BCUT2D eigenvalue weighted by Crippen LogP contribution is 2.37. The van der Waals surface area contributed by atoms with Crippen molar-refractivity contribution in [2.24, 2.45) is 0 Å². The Hall–Kier alpha value is -1.57. The molecule has 1 aromatic carbocycles. The number of aromatic amines is 1. The van der Waals surface area contributed by atoms with Gasteiger partial charge in [0.05, 0.1) is 0 Å². The summed E-state index contributed by atoms with van der Waals surface area (Å²) in [5.41, 5.74) is 3.93. The molecule has 1 aliphatic rings. The highest BCUT2D eigenvalue weighted by molar-refractivity contribution is 5.86. The van der Waals surface area contributed by atoms with Crippen LogP contribution in [0.1, 0.15) is 42.9 Å². The number of benzene rings is 1. The lowest BCUT2D eigenvalue weighted by atomic mass is 9.82. The Labute approximate surface area is 101 Å². The van der Waals surface area contributed by atoms with Crippen LogP contribution < -0.4 is 0 Å². The molecule has 1 heterocycles. The number of fused-ring (bicyclic) bond motifs is 1. The lowest BCUT2D eigenvalue weighted by Crippen LogP contribution is -2.12. The third-order valence-corrected chi connectivity index (χ3v) is 3.89. The fraction of sp³-hybridized carbons (Fsp3) is 0.400. The van der Waals surface area contributed by atoms with E-state index in [4.69, 9.17) is 0 Å². The number of aryl methyl sites for hydroxylation is 1. The molecule has 1 N–H and O–H groups in total. The molecule has 88 valence electrons. The van der Waals surface area contributed by atoms with E-state index in [1.807, 2.05) is 0 Å². The van der Waals surface area contributed by atoms with Crippen molar-refractivity contribution in [2.75, 3.05) is 0 Å². The minimum Gasteiger partial charge on any atom is -0.358 e. The van der Waals surface area contributed by atoms with Gasteiger partial charge in [0.2, 0.25) is 0 Å². The number of H-pyrrole nitrogens is 1. The number of carbonyl (C=O) groups excluding carboxylic acids is 1. The molecule has 17 heavy (non-hydrogen) atoms. The molecule has 0 radical (unpaired) electrons. The van der Waals surface area contributed by atoms with E-state index in [9.17, 15) is 4.79 Å². The minimum atomic E-state index is 0.429. The average molecular weight is 227 g/mol. The number of hydrogen-bond donors (Lipinski definition) is 1. The van der Waals surface area contributed by atoms with Crippen molar-refractivity contribution in [3.8, 4) is 0 Å². The van der Waals surface area contributed by atoms with Gasteiger partial charge in [-0.05, 0) is 37.3 Å². The molecule has 0 aliphatic heterocycles. The Balaban J connectivity index is 2.04. The normalized spacial score (nSPS) is 17.8. The molecule has 1 aromatic heterocycles. The fourth-order valence-electron chi connectivity index (χ4n) is 3.05. The van der Waals surface area contributed by atoms with Crippen molar-refractivity contribution < 1.29 is 4.79 Å². The van der Waals surface area contributed by atoms with E-state index in [1.165, 1.54) is 22.2 Å². The maximum atomic E-state index is 11.3. The highest BCUT2D eigenvalue weighted by atomic mass is 16.1. The van der Waals surface area contributed by atoms with Gasteiger partial charge in [0.15, 0.2) is 0 Å². The Kier molecular flexibility index (Phi) is 2.50. The summed E-state index contributed by atoms with van der Waals surface area (Å²) in [7, 11) is 0. The van der Waals surface area contributed by atoms with Crippen molar-refractivity contribution in [3.05, 3.63) is 35.5 Å². The summed E-state index contributed by atoms with van der Waals surface area (Å²) < 4.78 is 0. The van der Waals surface area contributed by atoms with E-state index >= 15 is 0 Å².